The van der Waals surface area contributed by atoms with Gasteiger partial charge in [-0.1, -0.05) is 44.2 Å². The van der Waals surface area contributed by atoms with Crippen molar-refractivity contribution in [3.8, 4) is 0 Å². The third-order valence-electron chi connectivity index (χ3n) is 2.59. The van der Waals surface area contributed by atoms with Crippen LogP contribution < -0.4 is 0 Å². The molecule has 0 heterocycles. The number of hydrogen-bond donors (Lipinski definition) is 1. The van der Waals surface area contributed by atoms with Crippen molar-refractivity contribution in [1.29, 1.82) is 0 Å². The topological polar surface area (TPSA) is 32.7 Å². The van der Waals surface area contributed by atoms with E-state index < -0.39 is 6.29 Å². The van der Waals surface area contributed by atoms with Crippen LogP contribution in [-0.2, 0) is 11.3 Å². The molecule has 1 aromatic carbocycles. The zero-order valence-electron chi connectivity index (χ0n) is 10.1. The first kappa shape index (κ1) is 13.2. The molecule has 0 aromatic heterocycles. The molecule has 1 aromatic rings. The molecule has 0 saturated carbocycles. The molecule has 0 radical (unpaired) electrons. The van der Waals surface area contributed by atoms with E-state index in [1.54, 1.807) is 0 Å². The summed E-state index contributed by atoms with van der Waals surface area (Å²) in [5, 5.41) is 9.68. The second-order valence-electron chi connectivity index (χ2n) is 3.74. The molecular weight excluding hydrogens is 202 g/mol. The van der Waals surface area contributed by atoms with E-state index in [2.05, 4.69) is 18.7 Å². The predicted molar refractivity (Wildman–Crippen MR) is 65.0 cm³/mol. The van der Waals surface area contributed by atoms with E-state index >= 15 is 0 Å². The lowest BCUT2D eigenvalue weighted by molar-refractivity contribution is -0.120. The minimum Gasteiger partial charge on any atom is -0.367 e. The number of rotatable bonds is 7. The summed E-state index contributed by atoms with van der Waals surface area (Å²) in [4.78, 5) is 2.13. The Morgan fingerprint density at radius 2 is 1.81 bits per heavy atom. The molecule has 16 heavy (non-hydrogen) atoms. The molecule has 3 heteroatoms. The van der Waals surface area contributed by atoms with Crippen LogP contribution >= 0.6 is 0 Å². The molecule has 0 amide bonds. The molecule has 0 spiro atoms. The lowest BCUT2D eigenvalue weighted by Gasteiger charge is -2.21. The summed E-state index contributed by atoms with van der Waals surface area (Å²) < 4.78 is 5.38. The van der Waals surface area contributed by atoms with Crippen LogP contribution in [0.15, 0.2) is 30.3 Å². The highest BCUT2D eigenvalue weighted by molar-refractivity contribution is 5.13. The molecule has 0 aliphatic heterocycles. The molecule has 1 rings (SSSR count). The number of aliphatic hydroxyl groups is 1. The summed E-state index contributed by atoms with van der Waals surface area (Å²) in [6, 6.07) is 9.88. The van der Waals surface area contributed by atoms with Gasteiger partial charge < -0.3 is 9.84 Å². The van der Waals surface area contributed by atoms with E-state index in [0.29, 0.717) is 13.2 Å². The van der Waals surface area contributed by atoms with Gasteiger partial charge in [0.2, 0.25) is 0 Å². The average Bonchev–Trinajstić information content (AvgIpc) is 2.34. The highest BCUT2D eigenvalue weighted by atomic mass is 16.6. The van der Waals surface area contributed by atoms with Gasteiger partial charge in [-0.05, 0) is 18.7 Å². The van der Waals surface area contributed by atoms with Crippen molar-refractivity contribution in [2.24, 2.45) is 0 Å². The van der Waals surface area contributed by atoms with Gasteiger partial charge in [0, 0.05) is 6.54 Å². The molecule has 0 aliphatic carbocycles. The van der Waals surface area contributed by atoms with E-state index in [-0.39, 0.29) is 0 Å². The Morgan fingerprint density at radius 1 is 1.19 bits per heavy atom. The third kappa shape index (κ3) is 4.75. The second kappa shape index (κ2) is 7.39. The summed E-state index contributed by atoms with van der Waals surface area (Å²) in [7, 11) is 0. The monoisotopic (exact) mass is 223 g/mol. The summed E-state index contributed by atoms with van der Waals surface area (Å²) in [5.41, 5.74) is 1.08. The van der Waals surface area contributed by atoms with Gasteiger partial charge in [-0.2, -0.15) is 0 Å². The van der Waals surface area contributed by atoms with Gasteiger partial charge in [-0.15, -0.1) is 0 Å². The number of benzene rings is 1. The fourth-order valence-corrected chi connectivity index (χ4v) is 1.52. The molecule has 0 fully saturated rings. The Kier molecular flexibility index (Phi) is 6.08. The lowest BCUT2D eigenvalue weighted by atomic mass is 10.2. The van der Waals surface area contributed by atoms with Crippen molar-refractivity contribution in [2.75, 3.05) is 19.6 Å². The van der Waals surface area contributed by atoms with Gasteiger partial charge in [0.15, 0.2) is 6.29 Å². The van der Waals surface area contributed by atoms with Crippen molar-refractivity contribution in [2.45, 2.75) is 26.7 Å². The van der Waals surface area contributed by atoms with Crippen molar-refractivity contribution in [1.82, 2.24) is 4.90 Å². The molecule has 3 nitrogen and oxygen atoms in total. The molecule has 0 unspecified atom stereocenters. The molecular formula is C13H21NO2. The van der Waals surface area contributed by atoms with E-state index in [0.717, 1.165) is 18.7 Å². The van der Waals surface area contributed by atoms with E-state index in [1.807, 2.05) is 30.3 Å². The van der Waals surface area contributed by atoms with E-state index in [9.17, 15) is 5.11 Å². The number of hydrogen-bond acceptors (Lipinski definition) is 3. The van der Waals surface area contributed by atoms with Crippen LogP contribution in [0.1, 0.15) is 19.4 Å². The maximum atomic E-state index is 9.68. The Morgan fingerprint density at radius 3 is 2.38 bits per heavy atom. The summed E-state index contributed by atoms with van der Waals surface area (Å²) in [6.45, 7) is 7.05. The van der Waals surface area contributed by atoms with Crippen LogP contribution in [-0.4, -0.2) is 35.9 Å². The fourth-order valence-electron chi connectivity index (χ4n) is 1.52. The lowest BCUT2D eigenvalue weighted by Crippen LogP contribution is -2.33. The van der Waals surface area contributed by atoms with Crippen molar-refractivity contribution >= 4 is 0 Å². The van der Waals surface area contributed by atoms with Gasteiger partial charge in [0.1, 0.15) is 0 Å². The molecule has 0 bridgehead atoms. The standard InChI is InChI=1S/C13H21NO2/c1-3-14(4-2)10-13(15)16-11-12-8-6-5-7-9-12/h5-9,13,15H,3-4,10-11H2,1-2H3/t13-/m0/s1. The van der Waals surface area contributed by atoms with E-state index in [4.69, 9.17) is 4.74 Å². The molecule has 0 saturated heterocycles. The van der Waals surface area contributed by atoms with Crippen LogP contribution in [0.5, 0.6) is 0 Å². The Labute approximate surface area is 97.7 Å². The Balaban J connectivity index is 2.27. The smallest absolute Gasteiger partial charge is 0.167 e. The highest BCUT2D eigenvalue weighted by Gasteiger charge is 2.08. The average molecular weight is 223 g/mol. The van der Waals surface area contributed by atoms with Crippen LogP contribution in [0.25, 0.3) is 0 Å². The van der Waals surface area contributed by atoms with Crippen LogP contribution in [0.2, 0.25) is 0 Å². The number of nitrogens with zero attached hydrogens (tertiary/aromatic N) is 1. The van der Waals surface area contributed by atoms with Gasteiger partial charge in [0.25, 0.3) is 0 Å². The van der Waals surface area contributed by atoms with Crippen molar-refractivity contribution in [3.05, 3.63) is 35.9 Å². The van der Waals surface area contributed by atoms with Gasteiger partial charge in [-0.3, -0.25) is 4.90 Å². The predicted octanol–water partition coefficient (Wildman–Crippen LogP) is 1.86. The Hall–Kier alpha value is -0.900. The first-order chi connectivity index (χ1) is 7.76. The molecule has 1 N–H and O–H groups in total. The summed E-state index contributed by atoms with van der Waals surface area (Å²) >= 11 is 0. The van der Waals surface area contributed by atoms with Gasteiger partial charge in [-0.25, -0.2) is 0 Å². The van der Waals surface area contributed by atoms with Gasteiger partial charge >= 0.3 is 0 Å². The first-order valence-electron chi connectivity index (χ1n) is 5.82. The molecule has 0 aliphatic rings. The van der Waals surface area contributed by atoms with E-state index in [1.165, 1.54) is 0 Å². The van der Waals surface area contributed by atoms with Crippen LogP contribution in [0.3, 0.4) is 0 Å². The summed E-state index contributed by atoms with van der Waals surface area (Å²) in [6.07, 6.45) is -0.708. The maximum Gasteiger partial charge on any atom is 0.167 e. The summed E-state index contributed by atoms with van der Waals surface area (Å²) in [5.74, 6) is 0. The van der Waals surface area contributed by atoms with Crippen molar-refractivity contribution < 1.29 is 9.84 Å². The SMILES string of the molecule is CCN(CC)C[C@@H](O)OCc1ccccc1. The normalized spacial score (nSPS) is 13.0. The zero-order valence-corrected chi connectivity index (χ0v) is 10.1. The maximum absolute atomic E-state index is 9.68. The van der Waals surface area contributed by atoms with Crippen LogP contribution in [0, 0.1) is 0 Å². The minimum atomic E-state index is -0.708. The molecule has 1 atom stereocenters. The second-order valence-corrected chi connectivity index (χ2v) is 3.74. The number of likely N-dealkylation sites (N-methyl/N-ethyl adjacent to an activating group) is 1. The number of aliphatic hydroxyl groups excluding tert-OH is 1. The van der Waals surface area contributed by atoms with Crippen LogP contribution in [0.4, 0.5) is 0 Å². The first-order valence-corrected chi connectivity index (χ1v) is 5.82. The van der Waals surface area contributed by atoms with Crippen molar-refractivity contribution in [3.63, 3.8) is 0 Å². The largest absolute Gasteiger partial charge is 0.367 e. The van der Waals surface area contributed by atoms with Gasteiger partial charge in [0.05, 0.1) is 6.61 Å². The minimum absolute atomic E-state index is 0.462. The fraction of sp³-hybridized carbons (Fsp3) is 0.538. The molecule has 90 valence electrons. The highest BCUT2D eigenvalue weighted by Crippen LogP contribution is 2.03. The number of ether oxygens (including phenoxy) is 1. The Bertz CT molecular complexity index is 273. The quantitative estimate of drug-likeness (QED) is 0.716. The zero-order chi connectivity index (χ0) is 11.8. The third-order valence-corrected chi connectivity index (χ3v) is 2.59.